The topological polar surface area (TPSA) is 94.2 Å². The molecule has 1 fully saturated rings. The Morgan fingerprint density at radius 3 is 2.21 bits per heavy atom. The smallest absolute Gasteiger partial charge is 0.335 e. The molecule has 38 heavy (non-hydrogen) atoms. The van der Waals surface area contributed by atoms with Crippen molar-refractivity contribution in [2.24, 2.45) is 0 Å². The van der Waals surface area contributed by atoms with E-state index in [-0.39, 0.29) is 11.3 Å². The van der Waals surface area contributed by atoms with E-state index in [1.807, 2.05) is 0 Å². The number of amides is 4. The standard InChI is InChI=1S/C27H21BrCl2N2O6/c1-36-23-15-16(14-22(28)24(23)38-12-2-11-37-20-9-5-18(30)6-10-20)13-21-25(33)31-27(35)32(26(21)34)19-7-3-17(29)4-8-19/h3-10,13-15H,2,11-12H2,1H3,(H,31,33,35)/b21-13-. The zero-order chi connectivity index (χ0) is 27.2. The molecule has 1 aliphatic heterocycles. The van der Waals surface area contributed by atoms with Gasteiger partial charge in [-0.15, -0.1) is 0 Å². The predicted molar refractivity (Wildman–Crippen MR) is 148 cm³/mol. The van der Waals surface area contributed by atoms with E-state index in [1.54, 1.807) is 48.5 Å². The molecule has 11 heteroatoms. The normalized spacial score (nSPS) is 14.5. The molecule has 8 nitrogen and oxygen atoms in total. The number of urea groups is 1. The monoisotopic (exact) mass is 618 g/mol. The third-order valence-corrected chi connectivity index (χ3v) is 6.46. The second-order valence-corrected chi connectivity index (χ2v) is 9.70. The Hall–Kier alpha value is -3.53. The summed E-state index contributed by atoms with van der Waals surface area (Å²) in [6.45, 7) is 0.786. The number of hydrogen-bond acceptors (Lipinski definition) is 6. The minimum Gasteiger partial charge on any atom is -0.493 e. The molecule has 0 aromatic heterocycles. The van der Waals surface area contributed by atoms with Gasteiger partial charge in [-0.2, -0.15) is 0 Å². The Labute approximate surface area is 237 Å². The molecule has 4 rings (SSSR count). The lowest BCUT2D eigenvalue weighted by Crippen LogP contribution is -2.54. The molecule has 0 spiro atoms. The maximum absolute atomic E-state index is 13.1. The maximum atomic E-state index is 13.1. The first-order chi connectivity index (χ1) is 18.3. The number of imide groups is 2. The van der Waals surface area contributed by atoms with E-state index in [2.05, 4.69) is 21.2 Å². The van der Waals surface area contributed by atoms with E-state index in [4.69, 9.17) is 37.4 Å². The molecule has 196 valence electrons. The molecule has 0 atom stereocenters. The first kappa shape index (κ1) is 27.5. The molecule has 0 aliphatic carbocycles. The van der Waals surface area contributed by atoms with Crippen LogP contribution in [0.15, 0.2) is 70.7 Å². The molecule has 1 N–H and O–H groups in total. The number of hydrogen-bond donors (Lipinski definition) is 1. The Kier molecular flexibility index (Phi) is 8.93. The summed E-state index contributed by atoms with van der Waals surface area (Å²) in [6, 6.07) is 15.7. The summed E-state index contributed by atoms with van der Waals surface area (Å²) in [7, 11) is 1.48. The molecular weight excluding hydrogens is 599 g/mol. The van der Waals surface area contributed by atoms with Crippen molar-refractivity contribution in [1.82, 2.24) is 5.32 Å². The van der Waals surface area contributed by atoms with Crippen LogP contribution in [0.4, 0.5) is 10.5 Å². The molecule has 1 heterocycles. The fourth-order valence-electron chi connectivity index (χ4n) is 3.57. The molecule has 3 aromatic carbocycles. The van der Waals surface area contributed by atoms with Crippen molar-refractivity contribution >= 4 is 68.7 Å². The summed E-state index contributed by atoms with van der Waals surface area (Å²) in [6.07, 6.45) is 1.98. The van der Waals surface area contributed by atoms with Gasteiger partial charge in [0.1, 0.15) is 11.3 Å². The van der Waals surface area contributed by atoms with Gasteiger partial charge in [-0.1, -0.05) is 23.2 Å². The fourth-order valence-corrected chi connectivity index (χ4v) is 4.39. The lowest BCUT2D eigenvalue weighted by molar-refractivity contribution is -0.122. The third-order valence-electron chi connectivity index (χ3n) is 5.37. The van der Waals surface area contributed by atoms with Crippen molar-refractivity contribution in [3.63, 3.8) is 0 Å². The Morgan fingerprint density at radius 2 is 1.55 bits per heavy atom. The Balaban J connectivity index is 1.47. The highest BCUT2D eigenvalue weighted by Crippen LogP contribution is 2.37. The second-order valence-electron chi connectivity index (χ2n) is 7.97. The largest absolute Gasteiger partial charge is 0.493 e. The first-order valence-corrected chi connectivity index (χ1v) is 12.9. The van der Waals surface area contributed by atoms with Crippen LogP contribution in [0, 0.1) is 0 Å². The zero-order valence-electron chi connectivity index (χ0n) is 20.0. The van der Waals surface area contributed by atoms with Gasteiger partial charge < -0.3 is 14.2 Å². The summed E-state index contributed by atoms with van der Waals surface area (Å²) in [5.41, 5.74) is 0.537. The average Bonchev–Trinajstić information content (AvgIpc) is 2.89. The third kappa shape index (κ3) is 6.48. The number of nitrogens with one attached hydrogen (secondary N) is 1. The molecule has 0 bridgehead atoms. The Bertz CT molecular complexity index is 1390. The van der Waals surface area contributed by atoms with Crippen LogP contribution in [0.1, 0.15) is 12.0 Å². The molecular formula is C27H21BrCl2N2O6. The van der Waals surface area contributed by atoms with Gasteiger partial charge in [0.2, 0.25) is 0 Å². The van der Waals surface area contributed by atoms with Gasteiger partial charge in [0, 0.05) is 16.5 Å². The zero-order valence-corrected chi connectivity index (χ0v) is 23.1. The number of carbonyl (C=O) groups excluding carboxylic acids is 3. The summed E-state index contributed by atoms with van der Waals surface area (Å²) < 4.78 is 17.6. The molecule has 3 aromatic rings. The highest BCUT2D eigenvalue weighted by Gasteiger charge is 2.36. The first-order valence-electron chi connectivity index (χ1n) is 11.3. The van der Waals surface area contributed by atoms with Gasteiger partial charge in [-0.25, -0.2) is 9.69 Å². The molecule has 0 radical (unpaired) electrons. The SMILES string of the molecule is COc1cc(/C=C2/C(=O)NC(=O)N(c3ccc(Cl)cc3)C2=O)cc(Br)c1OCCCOc1ccc(Cl)cc1. The van der Waals surface area contributed by atoms with Gasteiger partial charge in [0.25, 0.3) is 11.8 Å². The number of ether oxygens (including phenoxy) is 3. The minimum atomic E-state index is -0.845. The minimum absolute atomic E-state index is 0.221. The van der Waals surface area contributed by atoms with Gasteiger partial charge in [-0.05, 0) is 88.2 Å². The van der Waals surface area contributed by atoms with Crippen LogP contribution in [-0.4, -0.2) is 38.2 Å². The van der Waals surface area contributed by atoms with E-state index < -0.39 is 17.8 Å². The fraction of sp³-hybridized carbons (Fsp3) is 0.148. The maximum Gasteiger partial charge on any atom is 0.335 e. The number of anilines is 1. The Morgan fingerprint density at radius 1 is 0.921 bits per heavy atom. The van der Waals surface area contributed by atoms with E-state index >= 15 is 0 Å². The van der Waals surface area contributed by atoms with Crippen LogP contribution in [0.5, 0.6) is 17.2 Å². The quantitative estimate of drug-likeness (QED) is 0.172. The van der Waals surface area contributed by atoms with Crippen molar-refractivity contribution < 1.29 is 28.6 Å². The lowest BCUT2D eigenvalue weighted by atomic mass is 10.1. The van der Waals surface area contributed by atoms with Gasteiger partial charge in [0.15, 0.2) is 11.5 Å². The molecule has 0 saturated carbocycles. The van der Waals surface area contributed by atoms with E-state index in [1.165, 1.54) is 25.3 Å². The van der Waals surface area contributed by atoms with Crippen LogP contribution in [-0.2, 0) is 9.59 Å². The van der Waals surface area contributed by atoms with Crippen LogP contribution in [0.2, 0.25) is 10.0 Å². The second kappa shape index (κ2) is 12.3. The number of nitrogens with zero attached hydrogens (tertiary/aromatic N) is 1. The number of carbonyl (C=O) groups is 3. The van der Waals surface area contributed by atoms with E-state index in [0.29, 0.717) is 57.0 Å². The van der Waals surface area contributed by atoms with Crippen LogP contribution < -0.4 is 24.4 Å². The number of barbiturate groups is 1. The van der Waals surface area contributed by atoms with Crippen molar-refractivity contribution in [1.29, 1.82) is 0 Å². The van der Waals surface area contributed by atoms with Gasteiger partial charge >= 0.3 is 6.03 Å². The highest BCUT2D eigenvalue weighted by atomic mass is 79.9. The predicted octanol–water partition coefficient (Wildman–Crippen LogP) is 6.28. The van der Waals surface area contributed by atoms with Crippen molar-refractivity contribution in [2.45, 2.75) is 6.42 Å². The molecule has 1 aliphatic rings. The van der Waals surface area contributed by atoms with E-state index in [9.17, 15) is 14.4 Å². The highest BCUT2D eigenvalue weighted by molar-refractivity contribution is 9.10. The number of rotatable bonds is 9. The average molecular weight is 620 g/mol. The number of benzene rings is 3. The van der Waals surface area contributed by atoms with Crippen LogP contribution in [0.25, 0.3) is 6.08 Å². The number of halogens is 3. The molecule has 0 unspecified atom stereocenters. The summed E-state index contributed by atoms with van der Waals surface area (Å²) in [5, 5.41) is 3.27. The summed E-state index contributed by atoms with van der Waals surface area (Å²) in [4.78, 5) is 38.9. The van der Waals surface area contributed by atoms with E-state index in [0.717, 1.165) is 4.90 Å². The summed E-state index contributed by atoms with van der Waals surface area (Å²) >= 11 is 15.3. The van der Waals surface area contributed by atoms with Gasteiger partial charge in [0.05, 0.1) is 30.5 Å². The van der Waals surface area contributed by atoms with Gasteiger partial charge in [-0.3, -0.25) is 14.9 Å². The molecule has 1 saturated heterocycles. The van der Waals surface area contributed by atoms with Crippen LogP contribution >= 0.6 is 39.1 Å². The number of methoxy groups -OCH3 is 1. The lowest BCUT2D eigenvalue weighted by Gasteiger charge is -2.26. The van der Waals surface area contributed by atoms with Crippen LogP contribution in [0.3, 0.4) is 0 Å². The van der Waals surface area contributed by atoms with Crippen molar-refractivity contribution in [3.05, 3.63) is 86.3 Å². The molecule has 4 amide bonds. The summed E-state index contributed by atoms with van der Waals surface area (Å²) in [5.74, 6) is -0.0145. The van der Waals surface area contributed by atoms with Crippen molar-refractivity contribution in [3.8, 4) is 17.2 Å². The van der Waals surface area contributed by atoms with Crippen molar-refractivity contribution in [2.75, 3.05) is 25.2 Å².